The Hall–Kier alpha value is -3.35. The van der Waals surface area contributed by atoms with Crippen LogP contribution in [0.15, 0.2) is 48.8 Å². The summed E-state index contributed by atoms with van der Waals surface area (Å²) in [5, 5.41) is 10.00. The molecule has 2 aromatic heterocycles. The lowest BCUT2D eigenvalue weighted by Crippen LogP contribution is -2.34. The summed E-state index contributed by atoms with van der Waals surface area (Å²) in [6.07, 6.45) is 3.70. The Bertz CT molecular complexity index is 995. The molecule has 7 heteroatoms. The fourth-order valence-corrected chi connectivity index (χ4v) is 3.23. The largest absolute Gasteiger partial charge is 0.497 e. The Morgan fingerprint density at radius 2 is 2.27 bits per heavy atom. The van der Waals surface area contributed by atoms with Gasteiger partial charge >= 0.3 is 0 Å². The summed E-state index contributed by atoms with van der Waals surface area (Å²) in [6.45, 7) is 0.351. The van der Waals surface area contributed by atoms with Crippen molar-refractivity contribution in [3.05, 3.63) is 59.9 Å². The van der Waals surface area contributed by atoms with Gasteiger partial charge in [0.2, 0.25) is 11.8 Å². The maximum atomic E-state index is 12.8. The van der Waals surface area contributed by atoms with Crippen molar-refractivity contribution in [2.24, 2.45) is 0 Å². The number of anilines is 1. The lowest BCUT2D eigenvalue weighted by molar-refractivity contribution is -0.126. The number of methoxy groups -OCH3 is 1. The topological polar surface area (TPSA) is 84.7 Å². The molecule has 3 heterocycles. The van der Waals surface area contributed by atoms with Gasteiger partial charge in [0.1, 0.15) is 5.75 Å². The van der Waals surface area contributed by atoms with Gasteiger partial charge in [-0.2, -0.15) is 5.10 Å². The first kappa shape index (κ1) is 16.1. The summed E-state index contributed by atoms with van der Waals surface area (Å²) in [6, 6.07) is 11.1. The van der Waals surface area contributed by atoms with E-state index in [9.17, 15) is 9.59 Å². The van der Waals surface area contributed by atoms with Crippen LogP contribution < -0.4 is 15.4 Å². The van der Waals surface area contributed by atoms with Crippen molar-refractivity contribution in [2.45, 2.75) is 18.9 Å². The number of carbonyl (C=O) groups is 2. The molecule has 1 aromatic carbocycles. The number of benzene rings is 1. The highest BCUT2D eigenvalue weighted by Crippen LogP contribution is 2.35. The zero-order chi connectivity index (χ0) is 18.1. The van der Waals surface area contributed by atoms with Crippen LogP contribution in [0.25, 0.3) is 5.52 Å². The molecule has 1 atom stereocenters. The van der Waals surface area contributed by atoms with Crippen molar-refractivity contribution >= 4 is 23.0 Å². The van der Waals surface area contributed by atoms with E-state index in [0.29, 0.717) is 18.0 Å². The number of amides is 2. The summed E-state index contributed by atoms with van der Waals surface area (Å²) in [4.78, 5) is 24.7. The minimum atomic E-state index is -0.546. The maximum Gasteiger partial charge on any atom is 0.228 e. The van der Waals surface area contributed by atoms with Crippen LogP contribution in [0.3, 0.4) is 0 Å². The van der Waals surface area contributed by atoms with Crippen molar-refractivity contribution in [3.63, 3.8) is 0 Å². The normalized spacial score (nSPS) is 16.0. The molecule has 0 spiro atoms. The van der Waals surface area contributed by atoms with E-state index >= 15 is 0 Å². The zero-order valence-corrected chi connectivity index (χ0v) is 14.2. The second kappa shape index (κ2) is 6.51. The van der Waals surface area contributed by atoms with Crippen molar-refractivity contribution < 1.29 is 14.3 Å². The Morgan fingerprint density at radius 3 is 3.12 bits per heavy atom. The van der Waals surface area contributed by atoms with E-state index in [2.05, 4.69) is 15.7 Å². The van der Waals surface area contributed by atoms with Gasteiger partial charge in [-0.1, -0.05) is 6.07 Å². The number of rotatable bonds is 4. The van der Waals surface area contributed by atoms with E-state index in [0.717, 1.165) is 16.6 Å². The van der Waals surface area contributed by atoms with Crippen LogP contribution in [0.1, 0.15) is 23.5 Å². The highest BCUT2D eigenvalue weighted by atomic mass is 16.5. The highest BCUT2D eigenvalue weighted by molar-refractivity contribution is 6.01. The minimum Gasteiger partial charge on any atom is -0.497 e. The van der Waals surface area contributed by atoms with Crippen molar-refractivity contribution in [1.82, 2.24) is 14.9 Å². The molecule has 3 aromatic rings. The van der Waals surface area contributed by atoms with E-state index in [1.54, 1.807) is 36.0 Å². The molecule has 1 unspecified atom stereocenters. The summed E-state index contributed by atoms with van der Waals surface area (Å²) in [7, 11) is 1.57. The SMILES string of the molecule is COc1ccc2c(c1)C(C(=O)NCc1cnn3ccccc13)CC(=O)N2. The second-order valence-corrected chi connectivity index (χ2v) is 6.18. The monoisotopic (exact) mass is 350 g/mol. The van der Waals surface area contributed by atoms with Crippen molar-refractivity contribution in [1.29, 1.82) is 0 Å². The Balaban J connectivity index is 1.56. The van der Waals surface area contributed by atoms with Gasteiger partial charge in [-0.05, 0) is 35.9 Å². The quantitative estimate of drug-likeness (QED) is 0.754. The van der Waals surface area contributed by atoms with E-state index in [-0.39, 0.29) is 18.2 Å². The van der Waals surface area contributed by atoms with Crippen LogP contribution in [0.4, 0.5) is 5.69 Å². The molecule has 4 rings (SSSR count). The molecule has 0 bridgehead atoms. The van der Waals surface area contributed by atoms with Crippen LogP contribution in [-0.2, 0) is 16.1 Å². The number of carbonyl (C=O) groups excluding carboxylic acids is 2. The van der Waals surface area contributed by atoms with Gasteiger partial charge in [-0.3, -0.25) is 9.59 Å². The second-order valence-electron chi connectivity index (χ2n) is 6.18. The summed E-state index contributed by atoms with van der Waals surface area (Å²) in [5.41, 5.74) is 3.28. The maximum absolute atomic E-state index is 12.8. The molecule has 1 aliphatic rings. The number of hydrogen-bond donors (Lipinski definition) is 2. The molecule has 132 valence electrons. The third-order valence-electron chi connectivity index (χ3n) is 4.57. The average Bonchev–Trinajstić information content (AvgIpc) is 3.08. The van der Waals surface area contributed by atoms with Crippen molar-refractivity contribution in [3.8, 4) is 5.75 Å². The molecule has 2 amide bonds. The first-order valence-electron chi connectivity index (χ1n) is 8.32. The van der Waals surface area contributed by atoms with E-state index in [1.165, 1.54) is 0 Å². The Morgan fingerprint density at radius 1 is 1.38 bits per heavy atom. The molecule has 0 aliphatic carbocycles. The van der Waals surface area contributed by atoms with E-state index in [1.807, 2.05) is 24.4 Å². The number of aromatic nitrogens is 2. The lowest BCUT2D eigenvalue weighted by atomic mass is 9.89. The number of nitrogens with one attached hydrogen (secondary N) is 2. The summed E-state index contributed by atoms with van der Waals surface area (Å²) in [5.74, 6) is -0.251. The van der Waals surface area contributed by atoms with Crippen LogP contribution in [0, 0.1) is 0 Å². The molecule has 0 saturated carbocycles. The fourth-order valence-electron chi connectivity index (χ4n) is 3.23. The molecule has 7 nitrogen and oxygen atoms in total. The molecule has 2 N–H and O–H groups in total. The van der Waals surface area contributed by atoms with Gasteiger partial charge in [0.05, 0.1) is 24.7 Å². The number of pyridine rings is 1. The molecule has 0 fully saturated rings. The van der Waals surface area contributed by atoms with Gasteiger partial charge in [-0.25, -0.2) is 4.52 Å². The predicted octanol–water partition coefficient (Wildman–Crippen LogP) is 2.09. The minimum absolute atomic E-state index is 0.112. The Kier molecular flexibility index (Phi) is 4.04. The van der Waals surface area contributed by atoms with E-state index < -0.39 is 5.92 Å². The number of fused-ring (bicyclic) bond motifs is 2. The molecule has 26 heavy (non-hydrogen) atoms. The fraction of sp³-hybridized carbons (Fsp3) is 0.211. The zero-order valence-electron chi connectivity index (χ0n) is 14.2. The molecule has 1 aliphatic heterocycles. The number of ether oxygens (including phenoxy) is 1. The molecular formula is C19H18N4O3. The third kappa shape index (κ3) is 2.88. The smallest absolute Gasteiger partial charge is 0.228 e. The van der Waals surface area contributed by atoms with Gasteiger partial charge in [-0.15, -0.1) is 0 Å². The number of nitrogens with zero attached hydrogens (tertiary/aromatic N) is 2. The van der Waals surface area contributed by atoms with Crippen LogP contribution >= 0.6 is 0 Å². The standard InChI is InChI=1S/C19H18N4O3/c1-26-13-5-6-16-14(8-13)15(9-18(24)22-16)19(25)20-10-12-11-21-23-7-3-2-4-17(12)23/h2-8,11,15H,9-10H2,1H3,(H,20,25)(H,22,24). The van der Waals surface area contributed by atoms with Gasteiger partial charge in [0, 0.05) is 30.4 Å². The highest BCUT2D eigenvalue weighted by Gasteiger charge is 2.31. The van der Waals surface area contributed by atoms with Crippen LogP contribution in [-0.4, -0.2) is 28.5 Å². The molecule has 0 saturated heterocycles. The predicted molar refractivity (Wildman–Crippen MR) is 96.0 cm³/mol. The van der Waals surface area contributed by atoms with Crippen LogP contribution in [0.5, 0.6) is 5.75 Å². The van der Waals surface area contributed by atoms with Crippen molar-refractivity contribution in [2.75, 3.05) is 12.4 Å². The molecule has 0 radical (unpaired) electrons. The van der Waals surface area contributed by atoms with Gasteiger partial charge < -0.3 is 15.4 Å². The lowest BCUT2D eigenvalue weighted by Gasteiger charge is -2.25. The third-order valence-corrected chi connectivity index (χ3v) is 4.57. The number of hydrogen-bond acceptors (Lipinski definition) is 4. The van der Waals surface area contributed by atoms with Gasteiger partial charge in [0.15, 0.2) is 0 Å². The summed E-state index contributed by atoms with van der Waals surface area (Å²) < 4.78 is 7.01. The Labute approximate surface area is 150 Å². The summed E-state index contributed by atoms with van der Waals surface area (Å²) >= 11 is 0. The van der Waals surface area contributed by atoms with Gasteiger partial charge in [0.25, 0.3) is 0 Å². The molecular weight excluding hydrogens is 332 g/mol. The first-order valence-corrected chi connectivity index (χ1v) is 8.32. The van der Waals surface area contributed by atoms with Crippen LogP contribution in [0.2, 0.25) is 0 Å². The average molecular weight is 350 g/mol. The first-order chi connectivity index (χ1) is 12.7. The van der Waals surface area contributed by atoms with E-state index in [4.69, 9.17) is 4.74 Å².